The lowest BCUT2D eigenvalue weighted by Crippen LogP contribution is -2.11. The molecule has 0 amide bonds. The first kappa shape index (κ1) is 13.8. The molecule has 3 N–H and O–H groups in total. The second kappa shape index (κ2) is 5.55. The lowest BCUT2D eigenvalue weighted by Gasteiger charge is -2.12. The van der Waals surface area contributed by atoms with Gasteiger partial charge in [0, 0.05) is 11.3 Å². The highest BCUT2D eigenvalue weighted by Crippen LogP contribution is 2.29. The third-order valence-electron chi connectivity index (χ3n) is 2.73. The summed E-state index contributed by atoms with van der Waals surface area (Å²) in [5.41, 5.74) is 7.97. The highest BCUT2D eigenvalue weighted by molar-refractivity contribution is 7.80. The molecule has 0 radical (unpaired) electrons. The zero-order valence-corrected chi connectivity index (χ0v) is 11.8. The summed E-state index contributed by atoms with van der Waals surface area (Å²) < 4.78 is 13.8. The molecule has 0 bridgehead atoms. The molecule has 0 unspecified atom stereocenters. The van der Waals surface area contributed by atoms with E-state index in [1.165, 1.54) is 6.07 Å². The average Bonchev–Trinajstić information content (AvgIpc) is 2.33. The molecule has 0 atom stereocenters. The van der Waals surface area contributed by atoms with Crippen LogP contribution < -0.4 is 11.1 Å². The van der Waals surface area contributed by atoms with Crippen LogP contribution in [0, 0.1) is 12.7 Å². The van der Waals surface area contributed by atoms with Crippen molar-refractivity contribution in [2.45, 2.75) is 6.92 Å². The van der Waals surface area contributed by atoms with Crippen molar-refractivity contribution in [1.29, 1.82) is 0 Å². The van der Waals surface area contributed by atoms with Crippen LogP contribution in [0.25, 0.3) is 0 Å². The highest BCUT2D eigenvalue weighted by Gasteiger charge is 2.08. The van der Waals surface area contributed by atoms with Crippen molar-refractivity contribution in [3.63, 3.8) is 0 Å². The number of nitrogens with two attached hydrogens (primary N) is 1. The number of rotatable bonds is 3. The molecule has 98 valence electrons. The second-order valence-corrected chi connectivity index (χ2v) is 4.96. The number of anilines is 2. The van der Waals surface area contributed by atoms with Gasteiger partial charge < -0.3 is 11.1 Å². The van der Waals surface area contributed by atoms with Gasteiger partial charge in [-0.1, -0.05) is 36.0 Å². The molecule has 2 aromatic carbocycles. The fourth-order valence-corrected chi connectivity index (χ4v) is 2.16. The predicted octanol–water partition coefficient (Wildman–Crippen LogP) is 4.17. The van der Waals surface area contributed by atoms with Gasteiger partial charge in [0.05, 0.1) is 10.7 Å². The van der Waals surface area contributed by atoms with Crippen LogP contribution >= 0.6 is 23.8 Å². The summed E-state index contributed by atoms with van der Waals surface area (Å²) in [6.45, 7) is 1.92. The molecule has 0 spiro atoms. The maximum absolute atomic E-state index is 13.8. The van der Waals surface area contributed by atoms with E-state index in [1.54, 1.807) is 18.2 Å². The van der Waals surface area contributed by atoms with Gasteiger partial charge in [-0.2, -0.15) is 0 Å². The SMILES string of the molecule is Cc1cccc(Cl)c1Nc1ccc(C(N)=S)c(F)c1. The molecule has 0 aromatic heterocycles. The average molecular weight is 295 g/mol. The van der Waals surface area contributed by atoms with Crippen LogP contribution in [0.2, 0.25) is 5.02 Å². The Bertz CT molecular complexity index is 623. The summed E-state index contributed by atoms with van der Waals surface area (Å²) in [6, 6.07) is 10.2. The largest absolute Gasteiger partial charge is 0.389 e. The molecule has 19 heavy (non-hydrogen) atoms. The van der Waals surface area contributed by atoms with E-state index in [2.05, 4.69) is 5.32 Å². The quantitative estimate of drug-likeness (QED) is 0.835. The van der Waals surface area contributed by atoms with E-state index in [4.69, 9.17) is 29.6 Å². The molecular formula is C14H12ClFN2S. The van der Waals surface area contributed by atoms with Gasteiger partial charge in [0.25, 0.3) is 0 Å². The maximum atomic E-state index is 13.8. The first-order valence-corrected chi connectivity index (χ1v) is 6.39. The Balaban J connectivity index is 2.34. The molecule has 2 aromatic rings. The van der Waals surface area contributed by atoms with Gasteiger partial charge in [0.15, 0.2) is 0 Å². The first-order valence-electron chi connectivity index (χ1n) is 5.60. The Morgan fingerprint density at radius 1 is 1.32 bits per heavy atom. The summed E-state index contributed by atoms with van der Waals surface area (Å²) in [6.07, 6.45) is 0. The topological polar surface area (TPSA) is 38.0 Å². The fourth-order valence-electron chi connectivity index (χ4n) is 1.73. The van der Waals surface area contributed by atoms with E-state index in [0.29, 0.717) is 10.7 Å². The first-order chi connectivity index (χ1) is 8.99. The molecule has 0 heterocycles. The van der Waals surface area contributed by atoms with Crippen molar-refractivity contribution >= 4 is 40.2 Å². The number of halogens is 2. The normalized spacial score (nSPS) is 10.3. The Hall–Kier alpha value is -1.65. The van der Waals surface area contributed by atoms with Crippen molar-refractivity contribution < 1.29 is 4.39 Å². The number of hydrogen-bond donors (Lipinski definition) is 2. The van der Waals surface area contributed by atoms with E-state index in [9.17, 15) is 4.39 Å². The maximum Gasteiger partial charge on any atom is 0.135 e. The van der Waals surface area contributed by atoms with Gasteiger partial charge in [-0.25, -0.2) is 4.39 Å². The summed E-state index contributed by atoms with van der Waals surface area (Å²) >= 11 is 10.9. The summed E-state index contributed by atoms with van der Waals surface area (Å²) in [5, 5.41) is 3.67. The molecule has 0 aliphatic heterocycles. The van der Waals surface area contributed by atoms with Crippen LogP contribution in [-0.4, -0.2) is 4.99 Å². The van der Waals surface area contributed by atoms with Crippen LogP contribution in [0.5, 0.6) is 0 Å². The lowest BCUT2D eigenvalue weighted by molar-refractivity contribution is 0.626. The fraction of sp³-hybridized carbons (Fsp3) is 0.0714. The summed E-state index contributed by atoms with van der Waals surface area (Å²) in [4.78, 5) is 0.0398. The number of aryl methyl sites for hydroxylation is 1. The van der Waals surface area contributed by atoms with Gasteiger partial charge in [0.1, 0.15) is 10.8 Å². The standard InChI is InChI=1S/C14H12ClFN2S/c1-8-3-2-4-11(15)13(8)18-9-5-6-10(14(17)19)12(16)7-9/h2-7,18H,1H3,(H2,17,19). The van der Waals surface area contributed by atoms with Gasteiger partial charge in [-0.15, -0.1) is 0 Å². The number of para-hydroxylation sites is 1. The molecule has 0 saturated carbocycles. The Kier molecular flexibility index (Phi) is 4.02. The molecule has 5 heteroatoms. The Labute approximate surface area is 121 Å². The van der Waals surface area contributed by atoms with Crippen molar-refractivity contribution in [2.75, 3.05) is 5.32 Å². The lowest BCUT2D eigenvalue weighted by atomic mass is 10.1. The van der Waals surface area contributed by atoms with Crippen molar-refractivity contribution in [3.8, 4) is 0 Å². The van der Waals surface area contributed by atoms with Crippen LogP contribution in [0.3, 0.4) is 0 Å². The smallest absolute Gasteiger partial charge is 0.135 e. The van der Waals surface area contributed by atoms with Crippen molar-refractivity contribution in [3.05, 3.63) is 58.4 Å². The van der Waals surface area contributed by atoms with Crippen LogP contribution in [0.1, 0.15) is 11.1 Å². The van der Waals surface area contributed by atoms with Gasteiger partial charge in [-0.3, -0.25) is 0 Å². The molecule has 0 saturated heterocycles. The highest BCUT2D eigenvalue weighted by atomic mass is 35.5. The van der Waals surface area contributed by atoms with Crippen LogP contribution in [0.4, 0.5) is 15.8 Å². The van der Waals surface area contributed by atoms with Crippen LogP contribution in [-0.2, 0) is 0 Å². The summed E-state index contributed by atoms with van der Waals surface area (Å²) in [7, 11) is 0. The van der Waals surface area contributed by atoms with Crippen LogP contribution in [0.15, 0.2) is 36.4 Å². The van der Waals surface area contributed by atoms with Gasteiger partial charge in [-0.05, 0) is 36.8 Å². The number of hydrogen-bond acceptors (Lipinski definition) is 2. The minimum Gasteiger partial charge on any atom is -0.389 e. The molecule has 2 nitrogen and oxygen atoms in total. The monoisotopic (exact) mass is 294 g/mol. The Morgan fingerprint density at radius 3 is 2.63 bits per heavy atom. The third-order valence-corrected chi connectivity index (χ3v) is 3.26. The second-order valence-electron chi connectivity index (χ2n) is 4.12. The van der Waals surface area contributed by atoms with E-state index in [0.717, 1.165) is 11.3 Å². The third kappa shape index (κ3) is 3.03. The Morgan fingerprint density at radius 2 is 2.05 bits per heavy atom. The minimum atomic E-state index is -0.456. The molecular weight excluding hydrogens is 283 g/mol. The molecule has 0 aliphatic rings. The van der Waals surface area contributed by atoms with Gasteiger partial charge in [0.2, 0.25) is 0 Å². The molecule has 0 fully saturated rings. The zero-order valence-electron chi connectivity index (χ0n) is 10.2. The van der Waals surface area contributed by atoms with Gasteiger partial charge >= 0.3 is 0 Å². The van der Waals surface area contributed by atoms with E-state index >= 15 is 0 Å². The zero-order chi connectivity index (χ0) is 14.0. The van der Waals surface area contributed by atoms with E-state index in [-0.39, 0.29) is 10.6 Å². The van der Waals surface area contributed by atoms with E-state index in [1.807, 2.05) is 19.1 Å². The number of thiocarbonyl (C=S) groups is 1. The molecule has 0 aliphatic carbocycles. The minimum absolute atomic E-state index is 0.0398. The summed E-state index contributed by atoms with van der Waals surface area (Å²) in [5.74, 6) is -0.456. The molecule has 2 rings (SSSR count). The van der Waals surface area contributed by atoms with Crippen molar-refractivity contribution in [2.24, 2.45) is 5.73 Å². The van der Waals surface area contributed by atoms with Crippen molar-refractivity contribution in [1.82, 2.24) is 0 Å². The number of nitrogens with one attached hydrogen (secondary N) is 1. The van der Waals surface area contributed by atoms with E-state index < -0.39 is 5.82 Å². The predicted molar refractivity (Wildman–Crippen MR) is 81.8 cm³/mol. The number of benzene rings is 2.